The van der Waals surface area contributed by atoms with Gasteiger partial charge in [0.1, 0.15) is 48.0 Å². The molecule has 5 aliphatic rings. The van der Waals surface area contributed by atoms with Gasteiger partial charge >= 0.3 is 5.97 Å². The van der Waals surface area contributed by atoms with Gasteiger partial charge in [0, 0.05) is 102 Å². The zero-order chi connectivity index (χ0) is 92.5. The van der Waals surface area contributed by atoms with Crippen LogP contribution in [0, 0.1) is 35.5 Å². The number of ether oxygens (including phenoxy) is 13. The van der Waals surface area contributed by atoms with E-state index >= 15 is 0 Å². The number of pyridine rings is 1. The normalized spacial score (nSPS) is 26.5. The number of piperidine rings is 1. The number of ketones is 3. The first-order valence-electron chi connectivity index (χ1n) is 46.7. The molecule has 129 heavy (non-hydrogen) atoms. The van der Waals surface area contributed by atoms with Gasteiger partial charge < -0.3 is 93.1 Å². The molecule has 2 saturated heterocycles. The minimum absolute atomic E-state index is 0.0402. The van der Waals surface area contributed by atoms with Gasteiger partial charge in [-0.05, 0) is 152 Å². The number of aliphatic hydroxyl groups excluding tert-OH is 1. The Morgan fingerprint density at radius 1 is 0.729 bits per heavy atom. The predicted octanol–water partition coefficient (Wildman–Crippen LogP) is 9.17. The fraction of sp³-hybridized carbons (Fsp3) is 0.695. The van der Waals surface area contributed by atoms with Crippen molar-refractivity contribution < 1.29 is 105 Å². The molecule has 34 heteroatoms. The molecule has 4 aromatic heterocycles. The molecule has 0 aromatic carbocycles. The molecule has 1 saturated carbocycles. The lowest BCUT2D eigenvalue weighted by atomic mass is 9.78. The van der Waals surface area contributed by atoms with E-state index in [1.54, 1.807) is 52.5 Å². The number of carbonyl (C=O) groups is 7. The summed E-state index contributed by atoms with van der Waals surface area (Å²) >= 11 is 0. The van der Waals surface area contributed by atoms with E-state index in [0.29, 0.717) is 205 Å². The van der Waals surface area contributed by atoms with Crippen molar-refractivity contribution in [3.05, 3.63) is 95.4 Å². The number of hydrogen-bond acceptors (Lipinski definition) is 29. The lowest BCUT2D eigenvalue weighted by Gasteiger charge is -2.43. The number of nitrogen functional groups attached to an aromatic ring is 1. The molecule has 15 atom stereocenters. The third-order valence-electron chi connectivity index (χ3n) is 24.7. The monoisotopic (exact) mass is 1810 g/mol. The molecule has 0 unspecified atom stereocenters. The van der Waals surface area contributed by atoms with E-state index in [1.807, 2.05) is 68.2 Å². The minimum Gasteiger partial charge on any atom is -0.460 e. The lowest BCUT2D eigenvalue weighted by Crippen LogP contribution is -2.61. The number of aryl methyl sites for hydroxylation is 2. The average Bonchev–Trinajstić information content (AvgIpc) is 1.75. The van der Waals surface area contributed by atoms with Crippen molar-refractivity contribution in [3.8, 4) is 11.3 Å². The Morgan fingerprint density at radius 3 is 2.10 bits per heavy atom. The topological polar surface area (TPSA) is 420 Å². The van der Waals surface area contributed by atoms with Crippen LogP contribution in [0.1, 0.15) is 188 Å². The van der Waals surface area contributed by atoms with Crippen LogP contribution in [0.4, 0.5) is 5.82 Å². The van der Waals surface area contributed by atoms with Crippen LogP contribution >= 0.6 is 0 Å². The maximum absolute atomic E-state index is 14.8. The number of nitrogens with one attached hydrogen (secondary N) is 2. The second-order valence-electron chi connectivity index (χ2n) is 34.7. The summed E-state index contributed by atoms with van der Waals surface area (Å²) in [4.78, 5) is 112. The van der Waals surface area contributed by atoms with Crippen LogP contribution in [-0.2, 0) is 121 Å². The van der Waals surface area contributed by atoms with E-state index in [1.165, 1.54) is 18.3 Å². The first kappa shape index (κ1) is 104. The van der Waals surface area contributed by atoms with Gasteiger partial charge in [-0.25, -0.2) is 24.1 Å². The third-order valence-corrected chi connectivity index (χ3v) is 24.7. The summed E-state index contributed by atoms with van der Waals surface area (Å²) in [5.74, 6) is -8.44. The second kappa shape index (κ2) is 55.9. The van der Waals surface area contributed by atoms with Crippen LogP contribution in [-0.4, -0.2) is 290 Å². The quantitative estimate of drug-likeness (QED) is 0.0119. The Hall–Kier alpha value is -8.33. The van der Waals surface area contributed by atoms with Crippen LogP contribution in [0.15, 0.2) is 78.5 Å². The predicted molar refractivity (Wildman–Crippen MR) is 482 cm³/mol. The maximum Gasteiger partial charge on any atom is 0.329 e. The van der Waals surface area contributed by atoms with Gasteiger partial charge in [0.15, 0.2) is 11.4 Å². The van der Waals surface area contributed by atoms with Crippen molar-refractivity contribution in [2.24, 2.45) is 35.5 Å². The average molecular weight is 1810 g/mol. The van der Waals surface area contributed by atoms with Crippen molar-refractivity contribution in [3.63, 3.8) is 0 Å². The van der Waals surface area contributed by atoms with Gasteiger partial charge in [-0.2, -0.15) is 5.10 Å². The van der Waals surface area contributed by atoms with Gasteiger partial charge in [0.05, 0.1) is 153 Å². The van der Waals surface area contributed by atoms with Crippen molar-refractivity contribution in [1.29, 1.82) is 0 Å². The van der Waals surface area contributed by atoms with Crippen molar-refractivity contribution in [1.82, 2.24) is 55.3 Å². The van der Waals surface area contributed by atoms with Crippen LogP contribution in [0.2, 0.25) is 0 Å². The first-order chi connectivity index (χ1) is 62.4. The van der Waals surface area contributed by atoms with Gasteiger partial charge in [-0.15, -0.1) is 5.10 Å². The number of allylic oxidation sites excluding steroid dienone is 7. The zero-order valence-corrected chi connectivity index (χ0v) is 77.7. The molecule has 9 rings (SSSR count). The van der Waals surface area contributed by atoms with Crippen molar-refractivity contribution in [2.45, 2.75) is 251 Å². The molecule has 3 amide bonds. The Kier molecular flexibility index (Phi) is 45.2. The number of nitrogens with two attached hydrogens (primary N) is 1. The molecule has 2 aliphatic carbocycles. The SMILES string of the molecule is CCC(=O)N[C@H]1C[C@@H]2CC[C@@H](C)[C@@](O)(O2)C(=O)C(=O)N2CCCC[C@H]2C(=O)O[C@H]([C@H](C)C[C@@H]2CC[C@@H](OCCCCc3cn(CCOCCOCCOCCOCCOCCOCCOCCOCCC(=O)NCCCCn4nc(-c5cnc6c(c5)C=CC6)c5c(N)ncnc54)nn3)[C@H](OC)C2)CC(=O)[C@H](C)/C=C(\C)[C@@H](O)[C@@H](OC)C(=O)[C@H](C)C[C@H](C)/C=C/C=C/C=C/1C. The molecule has 7 heterocycles. The highest BCUT2D eigenvalue weighted by Crippen LogP contribution is 2.39. The molecule has 0 radical (unpaired) electrons. The highest BCUT2D eigenvalue weighted by Gasteiger charge is 2.53. The van der Waals surface area contributed by atoms with Crippen LogP contribution in [0.3, 0.4) is 0 Å². The number of unbranched alkanes of at least 4 members (excludes halogenated alkanes) is 2. The van der Waals surface area contributed by atoms with Crippen molar-refractivity contribution >= 4 is 64.0 Å². The minimum atomic E-state index is -2.53. The van der Waals surface area contributed by atoms with E-state index < -0.39 is 77.7 Å². The molecule has 716 valence electrons. The number of esters is 1. The zero-order valence-electron chi connectivity index (χ0n) is 77.7. The van der Waals surface area contributed by atoms with Gasteiger partial charge in [0.25, 0.3) is 11.7 Å². The summed E-state index contributed by atoms with van der Waals surface area (Å²) in [6.45, 7) is 23.3. The van der Waals surface area contributed by atoms with Crippen molar-refractivity contribution in [2.75, 3.05) is 145 Å². The fourth-order valence-corrected chi connectivity index (χ4v) is 17.0. The lowest BCUT2D eigenvalue weighted by molar-refractivity contribution is -0.264. The number of hydrogen-bond donors (Lipinski definition) is 5. The van der Waals surface area contributed by atoms with E-state index in [9.17, 15) is 43.8 Å². The van der Waals surface area contributed by atoms with Crippen LogP contribution < -0.4 is 16.4 Å². The molecular formula is C95H144N12O22. The maximum atomic E-state index is 14.8. The van der Waals surface area contributed by atoms with Crippen LogP contribution in [0.25, 0.3) is 28.4 Å². The Morgan fingerprint density at radius 2 is 1.42 bits per heavy atom. The molecular weight excluding hydrogens is 1660 g/mol. The smallest absolute Gasteiger partial charge is 0.329 e. The number of rotatable bonds is 46. The number of nitrogens with zero attached hydrogens (tertiary/aromatic N) is 9. The molecule has 4 aromatic rings. The van der Waals surface area contributed by atoms with E-state index in [4.69, 9.17) is 72.4 Å². The third kappa shape index (κ3) is 33.4. The Labute approximate surface area is 759 Å². The van der Waals surface area contributed by atoms with E-state index in [0.717, 1.165) is 79.5 Å². The summed E-state index contributed by atoms with van der Waals surface area (Å²) in [5.41, 5.74) is 12.7. The number of Topliss-reactive ketones (excluding diaryl/α,β-unsaturated/α-hetero) is 3. The molecule has 2 bridgehead atoms. The highest BCUT2D eigenvalue weighted by molar-refractivity contribution is 6.39. The summed E-state index contributed by atoms with van der Waals surface area (Å²) in [6.07, 6.45) is 26.1. The molecule has 3 aliphatic heterocycles. The number of aliphatic hydroxyl groups is 2. The molecule has 3 fully saturated rings. The number of fused-ring (bicyclic) bond motifs is 5. The largest absolute Gasteiger partial charge is 0.460 e. The molecule has 6 N–H and O–H groups in total. The summed E-state index contributed by atoms with van der Waals surface area (Å²) in [5, 5.41) is 44.2. The standard InChI is InChI=1S/C95H144N12O22/c1-11-83(109)101-77-59-75-30-28-70(8)95(116,129-75)90(113)93(114)106-34-18-15-27-78(106)94(115)128-81(60-79(108)66(4)55-69(7)88(112)89(118-10)87(111)68(6)54-64(2)22-13-12-14-23-65(77)3)67(5)56-71-29-31-80(82(57-71)117-9)127-37-20-16-25-74-62-105(104-102-74)36-39-120-41-43-122-45-47-124-49-51-126-53-52-125-50-48-123-46-44-121-42-40-119-38-32-84(110)97-33-17-19-35-107-92-85(91(96)99-63-100-92)86(103-107)73-58-72-24-21-26-76(72)98-61-73/h12-14,21-24,55,58,61-64,66-68,70-71,75,77-78,80-82,88-89,112,116H,11,15-20,25-54,56-57,59-60H2,1-10H3,(H,97,110)(H,101,109)(H2,96,99,100)/b14-12+,22-13+,65-23+,69-55+/t64-,66-,67-,68-,70-,71+,75+,77+,78+,80-,81+,82-,88-,89+,95-/m1/s1. The van der Waals surface area contributed by atoms with Gasteiger partial charge in [0.2, 0.25) is 17.6 Å². The number of cyclic esters (lactones) is 1. The second-order valence-corrected chi connectivity index (χ2v) is 34.7. The fourth-order valence-electron chi connectivity index (χ4n) is 17.0. The number of carbonyl (C=O) groups excluding carboxylic acids is 7. The van der Waals surface area contributed by atoms with E-state index in [2.05, 4.69) is 54.1 Å². The molecule has 0 spiro atoms. The summed E-state index contributed by atoms with van der Waals surface area (Å²) in [7, 11) is 3.05. The number of amides is 3. The van der Waals surface area contributed by atoms with Gasteiger partial charge in [-0.1, -0.05) is 101 Å². The summed E-state index contributed by atoms with van der Waals surface area (Å²) in [6, 6.07) is 0.323. The van der Waals surface area contributed by atoms with E-state index in [-0.39, 0.29) is 92.0 Å². The first-order valence-corrected chi connectivity index (χ1v) is 46.7. The Balaban J connectivity index is 0.597. The van der Waals surface area contributed by atoms with Crippen LogP contribution in [0.5, 0.6) is 0 Å². The number of aromatic nitrogens is 8. The van der Waals surface area contributed by atoms with Gasteiger partial charge in [-0.3, -0.25) is 33.8 Å². The Bertz CT molecular complexity index is 4300. The summed E-state index contributed by atoms with van der Waals surface area (Å²) < 4.78 is 79.6. The number of methoxy groups -OCH3 is 2. The molecule has 34 nitrogen and oxygen atoms in total. The number of anilines is 1. The highest BCUT2D eigenvalue weighted by atomic mass is 16.6.